The summed E-state index contributed by atoms with van der Waals surface area (Å²) in [4.78, 5) is 18.1. The molecule has 0 fully saturated rings. The van der Waals surface area contributed by atoms with Crippen molar-refractivity contribution < 1.29 is 9.32 Å². The molecule has 0 saturated carbocycles. The number of hydrogen-bond acceptors (Lipinski definition) is 4. The van der Waals surface area contributed by atoms with E-state index in [-0.39, 0.29) is 5.91 Å². The summed E-state index contributed by atoms with van der Waals surface area (Å²) in [5.41, 5.74) is 1.64. The molecule has 0 radical (unpaired) electrons. The van der Waals surface area contributed by atoms with Gasteiger partial charge in [-0.1, -0.05) is 29.4 Å². The lowest BCUT2D eigenvalue weighted by atomic mass is 10.1. The van der Waals surface area contributed by atoms with Gasteiger partial charge < -0.3 is 4.52 Å². The first-order valence-electron chi connectivity index (χ1n) is 5.93. The summed E-state index contributed by atoms with van der Waals surface area (Å²) in [5, 5.41) is 5.83. The molecule has 3 aromatic rings. The largest absolute Gasteiger partial charge is 0.343 e. The molecule has 4 rings (SSSR count). The van der Waals surface area contributed by atoms with E-state index in [4.69, 9.17) is 4.52 Å². The normalized spacial score (nSPS) is 13.5. The average Bonchev–Trinajstić information content (AvgIpc) is 3.04. The van der Waals surface area contributed by atoms with Crippen LogP contribution in [0.2, 0.25) is 0 Å². The lowest BCUT2D eigenvalue weighted by Crippen LogP contribution is -2.26. The van der Waals surface area contributed by atoms with Crippen molar-refractivity contribution in [2.45, 2.75) is 6.54 Å². The summed E-state index contributed by atoms with van der Waals surface area (Å²) < 4.78 is 4.71. The van der Waals surface area contributed by atoms with Crippen molar-refractivity contribution in [3.63, 3.8) is 0 Å². The smallest absolute Gasteiger partial charge is 0.259 e. The molecule has 0 saturated heterocycles. The van der Waals surface area contributed by atoms with Gasteiger partial charge in [-0.15, -0.1) is 0 Å². The monoisotopic (exact) mass is 251 g/mol. The molecule has 1 aliphatic heterocycles. The van der Waals surface area contributed by atoms with Gasteiger partial charge in [0.25, 0.3) is 5.91 Å². The summed E-state index contributed by atoms with van der Waals surface area (Å²) in [7, 11) is 0. The number of anilines is 1. The van der Waals surface area contributed by atoms with Crippen molar-refractivity contribution in [3.8, 4) is 0 Å². The van der Waals surface area contributed by atoms with Crippen LogP contribution in [0.25, 0.3) is 10.8 Å². The van der Waals surface area contributed by atoms with E-state index in [2.05, 4.69) is 10.1 Å². The van der Waals surface area contributed by atoms with E-state index in [1.54, 1.807) is 4.90 Å². The van der Waals surface area contributed by atoms with Crippen molar-refractivity contribution in [3.05, 3.63) is 54.2 Å². The molecule has 2 heterocycles. The van der Waals surface area contributed by atoms with E-state index < -0.39 is 0 Å². The Kier molecular flexibility index (Phi) is 1.97. The molecule has 0 spiro atoms. The highest BCUT2D eigenvalue weighted by Crippen LogP contribution is 2.37. The second-order valence-electron chi connectivity index (χ2n) is 4.42. The van der Waals surface area contributed by atoms with Gasteiger partial charge >= 0.3 is 0 Å². The maximum atomic E-state index is 12.4. The highest BCUT2D eigenvalue weighted by Gasteiger charge is 2.30. The molecule has 19 heavy (non-hydrogen) atoms. The number of hydrogen-bond donors (Lipinski definition) is 0. The van der Waals surface area contributed by atoms with Gasteiger partial charge in [-0.2, -0.15) is 4.98 Å². The van der Waals surface area contributed by atoms with Crippen LogP contribution in [0.1, 0.15) is 16.2 Å². The van der Waals surface area contributed by atoms with E-state index >= 15 is 0 Å². The van der Waals surface area contributed by atoms with Crippen molar-refractivity contribution >= 4 is 22.4 Å². The summed E-state index contributed by atoms with van der Waals surface area (Å²) in [6.45, 7) is 0.323. The molecule has 0 unspecified atom stereocenters. The summed E-state index contributed by atoms with van der Waals surface area (Å²) in [6.07, 6.45) is 1.27. The first kappa shape index (κ1) is 10.3. The summed E-state index contributed by atoms with van der Waals surface area (Å²) >= 11 is 0. The maximum absolute atomic E-state index is 12.4. The Bertz CT molecular complexity index is 775. The van der Waals surface area contributed by atoms with Crippen molar-refractivity contribution in [1.82, 2.24) is 10.1 Å². The molecule has 1 amide bonds. The second-order valence-corrected chi connectivity index (χ2v) is 4.42. The molecular formula is C14H9N3O2. The second kappa shape index (κ2) is 3.65. The lowest BCUT2D eigenvalue weighted by molar-refractivity contribution is 0.0990. The number of benzene rings is 2. The van der Waals surface area contributed by atoms with Gasteiger partial charge in [0.15, 0.2) is 5.82 Å². The van der Waals surface area contributed by atoms with E-state index in [0.717, 1.165) is 22.0 Å². The van der Waals surface area contributed by atoms with E-state index in [9.17, 15) is 4.79 Å². The fourth-order valence-corrected chi connectivity index (χ4v) is 2.54. The van der Waals surface area contributed by atoms with Crippen molar-refractivity contribution in [1.29, 1.82) is 0 Å². The van der Waals surface area contributed by atoms with Crippen LogP contribution in [-0.2, 0) is 6.54 Å². The summed E-state index contributed by atoms with van der Waals surface area (Å²) in [5.74, 6) is 0.481. The van der Waals surface area contributed by atoms with Gasteiger partial charge in [0.1, 0.15) is 0 Å². The minimum atomic E-state index is -0.0170. The number of nitrogens with zero attached hydrogens (tertiary/aromatic N) is 3. The molecule has 5 nitrogen and oxygen atoms in total. The van der Waals surface area contributed by atoms with Gasteiger partial charge in [-0.25, -0.2) is 0 Å². The van der Waals surface area contributed by atoms with Crippen LogP contribution in [0, 0.1) is 0 Å². The molecule has 0 aliphatic carbocycles. The Morgan fingerprint density at radius 3 is 2.79 bits per heavy atom. The summed E-state index contributed by atoms with van der Waals surface area (Å²) in [6, 6.07) is 11.7. The topological polar surface area (TPSA) is 59.2 Å². The molecular weight excluding hydrogens is 242 g/mol. The van der Waals surface area contributed by atoms with Crippen LogP contribution in [0.3, 0.4) is 0 Å². The van der Waals surface area contributed by atoms with Crippen LogP contribution in [0.5, 0.6) is 0 Å². The number of aromatic nitrogens is 2. The third-order valence-corrected chi connectivity index (χ3v) is 3.36. The van der Waals surface area contributed by atoms with Crippen molar-refractivity contribution in [2.75, 3.05) is 4.90 Å². The minimum Gasteiger partial charge on any atom is -0.343 e. The fraction of sp³-hybridized carbons (Fsp3) is 0.0714. The Hall–Kier alpha value is -2.69. The molecule has 0 bridgehead atoms. The Morgan fingerprint density at radius 1 is 1.16 bits per heavy atom. The third-order valence-electron chi connectivity index (χ3n) is 3.36. The highest BCUT2D eigenvalue weighted by atomic mass is 16.5. The lowest BCUT2D eigenvalue weighted by Gasteiger charge is -2.15. The minimum absolute atomic E-state index is 0.0170. The number of carbonyl (C=O) groups is 1. The van der Waals surface area contributed by atoms with Crippen LogP contribution >= 0.6 is 0 Å². The predicted molar refractivity (Wildman–Crippen MR) is 68.8 cm³/mol. The van der Waals surface area contributed by atoms with E-state index in [0.29, 0.717) is 12.4 Å². The molecule has 1 aromatic heterocycles. The molecule has 0 atom stereocenters. The molecule has 92 valence electrons. The van der Waals surface area contributed by atoms with Gasteiger partial charge in [0.2, 0.25) is 6.39 Å². The molecule has 1 aliphatic rings. The van der Waals surface area contributed by atoms with Crippen LogP contribution in [0.15, 0.2) is 47.3 Å². The van der Waals surface area contributed by atoms with Crippen LogP contribution in [-0.4, -0.2) is 16.0 Å². The first-order chi connectivity index (χ1) is 9.34. The number of carbonyl (C=O) groups excluding carboxylic acids is 1. The van der Waals surface area contributed by atoms with E-state index in [1.165, 1.54) is 6.39 Å². The Morgan fingerprint density at radius 2 is 2.00 bits per heavy atom. The van der Waals surface area contributed by atoms with Crippen LogP contribution < -0.4 is 4.90 Å². The molecule has 2 aromatic carbocycles. The molecule has 5 heteroatoms. The van der Waals surface area contributed by atoms with Gasteiger partial charge in [-0.05, 0) is 17.5 Å². The van der Waals surface area contributed by atoms with Gasteiger partial charge in [-0.3, -0.25) is 9.69 Å². The van der Waals surface area contributed by atoms with E-state index in [1.807, 2.05) is 36.4 Å². The standard InChI is InChI=1S/C14H9N3O2/c18-14-10-5-1-3-9-4-2-6-11(13(9)10)17(14)7-12-15-8-19-16-12/h1-6,8H,7H2. The zero-order valence-corrected chi connectivity index (χ0v) is 9.91. The predicted octanol–water partition coefficient (Wildman–Crippen LogP) is 2.38. The fourth-order valence-electron chi connectivity index (χ4n) is 2.54. The quantitative estimate of drug-likeness (QED) is 0.701. The average molecular weight is 251 g/mol. The van der Waals surface area contributed by atoms with Crippen LogP contribution in [0.4, 0.5) is 5.69 Å². The maximum Gasteiger partial charge on any atom is 0.259 e. The Balaban J connectivity index is 1.89. The van der Waals surface area contributed by atoms with Gasteiger partial charge in [0, 0.05) is 10.9 Å². The first-order valence-corrected chi connectivity index (χ1v) is 5.93. The molecule has 0 N–H and O–H groups in total. The zero-order chi connectivity index (χ0) is 12.8. The highest BCUT2D eigenvalue weighted by molar-refractivity contribution is 6.24. The number of amides is 1. The number of rotatable bonds is 2. The zero-order valence-electron chi connectivity index (χ0n) is 9.91. The third kappa shape index (κ3) is 1.38. The van der Waals surface area contributed by atoms with Crippen molar-refractivity contribution in [2.24, 2.45) is 0 Å². The van der Waals surface area contributed by atoms with Gasteiger partial charge in [0.05, 0.1) is 12.2 Å². The SMILES string of the molecule is O=C1c2cccc3cccc(c23)N1Cc1ncon1. The Labute approximate surface area is 108 Å².